The van der Waals surface area contributed by atoms with Crippen molar-refractivity contribution in [1.29, 1.82) is 0 Å². The fourth-order valence-corrected chi connectivity index (χ4v) is 4.35. The standard InChI is InChI=1S/C20H30N4O2/c1-13(2)19-15-12-26-20(3,10-17(15)21-22-19)8-5-6-16-14-11-25-9-7-18(14)24(4)23-16/h13H,5-12H2,1-4H3,(H,21,22). The minimum Gasteiger partial charge on any atom is -0.376 e. The van der Waals surface area contributed by atoms with Crippen LogP contribution in [0.25, 0.3) is 0 Å². The Labute approximate surface area is 155 Å². The maximum atomic E-state index is 6.29. The molecule has 2 aliphatic heterocycles. The number of aromatic amines is 1. The van der Waals surface area contributed by atoms with Crippen LogP contribution in [0.4, 0.5) is 0 Å². The smallest absolute Gasteiger partial charge is 0.0760 e. The van der Waals surface area contributed by atoms with Crippen molar-refractivity contribution in [3.8, 4) is 0 Å². The Morgan fingerprint density at radius 3 is 2.92 bits per heavy atom. The summed E-state index contributed by atoms with van der Waals surface area (Å²) in [5, 5.41) is 12.5. The van der Waals surface area contributed by atoms with Crippen molar-refractivity contribution < 1.29 is 9.47 Å². The average Bonchev–Trinajstić information content (AvgIpc) is 3.16. The highest BCUT2D eigenvalue weighted by Gasteiger charge is 2.34. The minimum absolute atomic E-state index is 0.126. The van der Waals surface area contributed by atoms with Gasteiger partial charge in [0.25, 0.3) is 0 Å². The van der Waals surface area contributed by atoms with Crippen LogP contribution in [0.5, 0.6) is 0 Å². The van der Waals surface area contributed by atoms with Crippen LogP contribution < -0.4 is 0 Å². The molecular weight excluding hydrogens is 328 g/mol. The van der Waals surface area contributed by atoms with Crippen molar-refractivity contribution >= 4 is 0 Å². The number of aromatic nitrogens is 4. The summed E-state index contributed by atoms with van der Waals surface area (Å²) in [6.45, 7) is 8.78. The number of H-pyrrole nitrogens is 1. The summed E-state index contributed by atoms with van der Waals surface area (Å²) in [6, 6.07) is 0. The third-order valence-corrected chi connectivity index (χ3v) is 5.85. The highest BCUT2D eigenvalue weighted by atomic mass is 16.5. The van der Waals surface area contributed by atoms with Crippen molar-refractivity contribution in [2.75, 3.05) is 6.61 Å². The number of nitrogens with zero attached hydrogens (tertiary/aromatic N) is 3. The van der Waals surface area contributed by atoms with Crippen LogP contribution in [-0.4, -0.2) is 32.2 Å². The third kappa shape index (κ3) is 3.21. The van der Waals surface area contributed by atoms with E-state index in [-0.39, 0.29) is 5.60 Å². The zero-order valence-electron chi connectivity index (χ0n) is 16.4. The maximum Gasteiger partial charge on any atom is 0.0760 e. The van der Waals surface area contributed by atoms with Gasteiger partial charge in [-0.05, 0) is 32.1 Å². The molecule has 142 valence electrons. The van der Waals surface area contributed by atoms with Gasteiger partial charge in [0.2, 0.25) is 0 Å². The van der Waals surface area contributed by atoms with E-state index in [1.54, 1.807) is 0 Å². The molecule has 4 rings (SSSR count). The lowest BCUT2D eigenvalue weighted by molar-refractivity contribution is -0.0614. The van der Waals surface area contributed by atoms with E-state index < -0.39 is 0 Å². The van der Waals surface area contributed by atoms with Gasteiger partial charge in [0.15, 0.2) is 0 Å². The van der Waals surface area contributed by atoms with Gasteiger partial charge in [-0.2, -0.15) is 10.2 Å². The normalized spacial score (nSPS) is 22.5. The highest BCUT2D eigenvalue weighted by molar-refractivity contribution is 5.30. The van der Waals surface area contributed by atoms with E-state index in [4.69, 9.17) is 14.6 Å². The molecule has 6 heteroatoms. The van der Waals surface area contributed by atoms with Crippen LogP contribution in [0.1, 0.15) is 73.4 Å². The Hall–Kier alpha value is -1.66. The molecule has 0 amide bonds. The molecule has 0 spiro atoms. The molecule has 0 aromatic carbocycles. The van der Waals surface area contributed by atoms with Crippen LogP contribution in [0.15, 0.2) is 0 Å². The van der Waals surface area contributed by atoms with Crippen LogP contribution in [0.2, 0.25) is 0 Å². The molecule has 0 fully saturated rings. The molecule has 26 heavy (non-hydrogen) atoms. The first-order valence-electron chi connectivity index (χ1n) is 9.78. The molecular formula is C20H30N4O2. The van der Waals surface area contributed by atoms with E-state index in [2.05, 4.69) is 31.0 Å². The Morgan fingerprint density at radius 1 is 1.27 bits per heavy atom. The fourth-order valence-electron chi connectivity index (χ4n) is 4.35. The van der Waals surface area contributed by atoms with Crippen molar-refractivity contribution in [3.63, 3.8) is 0 Å². The second-order valence-corrected chi connectivity index (χ2v) is 8.29. The monoisotopic (exact) mass is 358 g/mol. The summed E-state index contributed by atoms with van der Waals surface area (Å²) < 4.78 is 14.0. The number of ether oxygens (including phenoxy) is 2. The topological polar surface area (TPSA) is 65.0 Å². The number of aryl methyl sites for hydroxylation is 2. The Morgan fingerprint density at radius 2 is 2.12 bits per heavy atom. The molecule has 6 nitrogen and oxygen atoms in total. The molecule has 2 aromatic heterocycles. The minimum atomic E-state index is -0.126. The lowest BCUT2D eigenvalue weighted by Crippen LogP contribution is -2.35. The van der Waals surface area contributed by atoms with Crippen molar-refractivity contribution in [2.45, 2.75) is 77.6 Å². The Balaban J connectivity index is 1.39. The Bertz CT molecular complexity index is 792. The first-order chi connectivity index (χ1) is 12.5. The van der Waals surface area contributed by atoms with E-state index in [0.29, 0.717) is 19.1 Å². The second-order valence-electron chi connectivity index (χ2n) is 8.29. The van der Waals surface area contributed by atoms with Crippen molar-refractivity contribution in [2.24, 2.45) is 7.05 Å². The van der Waals surface area contributed by atoms with Crippen molar-refractivity contribution in [3.05, 3.63) is 33.9 Å². The molecule has 1 unspecified atom stereocenters. The summed E-state index contributed by atoms with van der Waals surface area (Å²) >= 11 is 0. The molecule has 0 radical (unpaired) electrons. The predicted octanol–water partition coefficient (Wildman–Crippen LogP) is 3.19. The molecule has 4 heterocycles. The van der Waals surface area contributed by atoms with E-state index >= 15 is 0 Å². The van der Waals surface area contributed by atoms with Crippen LogP contribution in [0.3, 0.4) is 0 Å². The quantitative estimate of drug-likeness (QED) is 0.891. The van der Waals surface area contributed by atoms with Crippen LogP contribution in [-0.2, 0) is 49.0 Å². The summed E-state index contributed by atoms with van der Waals surface area (Å²) in [5.74, 6) is 0.431. The summed E-state index contributed by atoms with van der Waals surface area (Å²) in [6.07, 6.45) is 4.96. The SMILES string of the molecule is CC(C)c1n[nH]c2c1COC(C)(CCCc1nn(C)c3c1COCC3)C2. The second kappa shape index (κ2) is 6.82. The third-order valence-electron chi connectivity index (χ3n) is 5.85. The maximum absolute atomic E-state index is 6.29. The molecule has 0 bridgehead atoms. The highest BCUT2D eigenvalue weighted by Crippen LogP contribution is 2.34. The number of hydrogen-bond acceptors (Lipinski definition) is 4. The molecule has 2 aromatic rings. The zero-order chi connectivity index (χ0) is 18.3. The number of hydrogen-bond donors (Lipinski definition) is 1. The number of rotatable bonds is 5. The fraction of sp³-hybridized carbons (Fsp3) is 0.700. The van der Waals surface area contributed by atoms with Gasteiger partial charge in [-0.15, -0.1) is 0 Å². The lowest BCUT2D eigenvalue weighted by atomic mass is 9.88. The first kappa shape index (κ1) is 17.7. The van der Waals surface area contributed by atoms with Gasteiger partial charge in [0.1, 0.15) is 0 Å². The molecule has 1 N–H and O–H groups in total. The average molecular weight is 358 g/mol. The first-order valence-corrected chi connectivity index (χ1v) is 9.78. The summed E-state index contributed by atoms with van der Waals surface area (Å²) in [4.78, 5) is 0. The van der Waals surface area contributed by atoms with E-state index in [1.165, 1.54) is 28.2 Å². The van der Waals surface area contributed by atoms with Gasteiger partial charge in [0.05, 0.1) is 36.8 Å². The molecule has 0 saturated carbocycles. The predicted molar refractivity (Wildman–Crippen MR) is 99.1 cm³/mol. The zero-order valence-corrected chi connectivity index (χ0v) is 16.4. The van der Waals surface area contributed by atoms with Crippen LogP contribution in [0, 0.1) is 0 Å². The lowest BCUT2D eigenvalue weighted by Gasteiger charge is -2.34. The molecule has 0 aliphatic carbocycles. The Kier molecular flexibility index (Phi) is 4.65. The number of fused-ring (bicyclic) bond motifs is 2. The number of nitrogens with one attached hydrogen (secondary N) is 1. The van der Waals surface area contributed by atoms with Gasteiger partial charge >= 0.3 is 0 Å². The van der Waals surface area contributed by atoms with E-state index in [9.17, 15) is 0 Å². The van der Waals surface area contributed by atoms with E-state index in [0.717, 1.165) is 44.4 Å². The molecule has 1 atom stereocenters. The van der Waals surface area contributed by atoms with Gasteiger partial charge in [-0.3, -0.25) is 9.78 Å². The van der Waals surface area contributed by atoms with Gasteiger partial charge in [-0.1, -0.05) is 13.8 Å². The molecule has 2 aliphatic rings. The van der Waals surface area contributed by atoms with Gasteiger partial charge in [-0.25, -0.2) is 0 Å². The summed E-state index contributed by atoms with van der Waals surface area (Å²) in [7, 11) is 2.05. The van der Waals surface area contributed by atoms with Gasteiger partial charge < -0.3 is 9.47 Å². The van der Waals surface area contributed by atoms with Gasteiger partial charge in [0, 0.05) is 42.4 Å². The van der Waals surface area contributed by atoms with E-state index in [1.807, 2.05) is 11.7 Å². The summed E-state index contributed by atoms with van der Waals surface area (Å²) in [5.41, 5.74) is 7.41. The molecule has 0 saturated heterocycles. The van der Waals surface area contributed by atoms with Crippen LogP contribution >= 0.6 is 0 Å². The van der Waals surface area contributed by atoms with Crippen molar-refractivity contribution in [1.82, 2.24) is 20.0 Å². The largest absolute Gasteiger partial charge is 0.376 e.